The molecule has 2 nitrogen and oxygen atoms in total. The van der Waals surface area contributed by atoms with Gasteiger partial charge in [-0.2, -0.15) is 0 Å². The van der Waals surface area contributed by atoms with Gasteiger partial charge in [-0.3, -0.25) is 0 Å². The van der Waals surface area contributed by atoms with Crippen LogP contribution in [0.3, 0.4) is 0 Å². The zero-order valence-corrected chi connectivity index (χ0v) is 6.22. The van der Waals surface area contributed by atoms with Crippen molar-refractivity contribution in [1.29, 1.82) is 0 Å². The molecule has 0 saturated carbocycles. The molecule has 2 rings (SSSR count). The van der Waals surface area contributed by atoms with E-state index in [1.165, 1.54) is 30.7 Å². The molecule has 0 N–H and O–H groups in total. The first kappa shape index (κ1) is 5.96. The van der Waals surface area contributed by atoms with E-state index in [0.717, 1.165) is 6.42 Å². The number of aromatic nitrogens is 2. The lowest BCUT2D eigenvalue weighted by molar-refractivity contribution is 0.643. The van der Waals surface area contributed by atoms with E-state index in [1.54, 1.807) is 0 Å². The predicted octanol–water partition coefficient (Wildman–Crippen LogP) is 1.10. The Kier molecular flexibility index (Phi) is 1.26. The number of hydrogen-bond acceptors (Lipinski definition) is 1. The minimum atomic E-state index is 1.16. The van der Waals surface area contributed by atoms with E-state index in [4.69, 9.17) is 0 Å². The van der Waals surface area contributed by atoms with Crippen molar-refractivity contribution in [3.05, 3.63) is 17.7 Å². The first-order chi connectivity index (χ1) is 4.88. The van der Waals surface area contributed by atoms with Crippen molar-refractivity contribution in [2.75, 3.05) is 0 Å². The Bertz CT molecular complexity index is 237. The van der Waals surface area contributed by atoms with Crippen molar-refractivity contribution in [3.63, 3.8) is 0 Å². The molecule has 10 heavy (non-hydrogen) atoms. The third kappa shape index (κ3) is 0.753. The quantitative estimate of drug-likeness (QED) is 0.521. The summed E-state index contributed by atoms with van der Waals surface area (Å²) in [6, 6.07) is 0. The van der Waals surface area contributed by atoms with E-state index in [2.05, 4.69) is 11.3 Å². The fraction of sp³-hybridized carbons (Fsp3) is 0.625. The molecule has 1 radical (unpaired) electrons. The van der Waals surface area contributed by atoms with Crippen molar-refractivity contribution >= 4 is 0 Å². The Morgan fingerprint density at radius 3 is 3.00 bits per heavy atom. The second kappa shape index (κ2) is 2.11. The molecular formula is C8H11N2. The van der Waals surface area contributed by atoms with Gasteiger partial charge >= 0.3 is 0 Å². The van der Waals surface area contributed by atoms with Crippen LogP contribution in [0.5, 0.6) is 0 Å². The van der Waals surface area contributed by atoms with Gasteiger partial charge in [0.15, 0.2) is 6.33 Å². The molecule has 1 heterocycles. The molecule has 0 unspecified atom stereocenters. The van der Waals surface area contributed by atoms with Gasteiger partial charge in [0.25, 0.3) is 0 Å². The van der Waals surface area contributed by atoms with Crippen molar-refractivity contribution in [3.8, 4) is 0 Å². The first-order valence-electron chi connectivity index (χ1n) is 3.80. The Morgan fingerprint density at radius 1 is 1.40 bits per heavy atom. The van der Waals surface area contributed by atoms with Crippen molar-refractivity contribution < 1.29 is 0 Å². The molecule has 0 aliphatic heterocycles. The third-order valence-electron chi connectivity index (χ3n) is 2.15. The molecule has 0 bridgehead atoms. The topological polar surface area (TPSA) is 17.8 Å². The molecule has 1 aromatic rings. The van der Waals surface area contributed by atoms with Gasteiger partial charge in [0, 0.05) is 12.7 Å². The van der Waals surface area contributed by atoms with Crippen LogP contribution >= 0.6 is 0 Å². The molecule has 0 spiro atoms. The number of hydrogen-bond donors (Lipinski definition) is 0. The molecule has 53 valence electrons. The van der Waals surface area contributed by atoms with Crippen molar-refractivity contribution in [2.45, 2.75) is 25.7 Å². The largest absolute Gasteiger partial charge is 0.328 e. The summed E-state index contributed by atoms with van der Waals surface area (Å²) in [7, 11) is 2.02. The highest BCUT2D eigenvalue weighted by molar-refractivity contribution is 5.15. The average Bonchev–Trinajstić information content (AvgIpc) is 2.34. The summed E-state index contributed by atoms with van der Waals surface area (Å²) in [5.41, 5.74) is 2.67. The van der Waals surface area contributed by atoms with Gasteiger partial charge in [-0.05, 0) is 25.7 Å². The Labute approximate surface area is 60.9 Å². The van der Waals surface area contributed by atoms with E-state index in [0.29, 0.717) is 0 Å². The van der Waals surface area contributed by atoms with Crippen LogP contribution in [0.2, 0.25) is 0 Å². The smallest absolute Gasteiger partial charge is 0.176 e. The maximum absolute atomic E-state index is 4.19. The van der Waals surface area contributed by atoms with Crippen molar-refractivity contribution in [2.24, 2.45) is 7.05 Å². The lowest BCUT2D eigenvalue weighted by atomic mass is 10.0. The van der Waals surface area contributed by atoms with Crippen LogP contribution in [0.25, 0.3) is 0 Å². The van der Waals surface area contributed by atoms with E-state index in [-0.39, 0.29) is 0 Å². The summed E-state index contributed by atoms with van der Waals surface area (Å²) in [4.78, 5) is 4.19. The molecular weight excluding hydrogens is 124 g/mol. The van der Waals surface area contributed by atoms with Crippen LogP contribution < -0.4 is 0 Å². The highest BCUT2D eigenvalue weighted by Gasteiger charge is 2.12. The molecule has 0 fully saturated rings. The van der Waals surface area contributed by atoms with Crippen molar-refractivity contribution in [1.82, 2.24) is 9.55 Å². The molecule has 0 atom stereocenters. The summed E-state index contributed by atoms with van der Waals surface area (Å²) in [6.45, 7) is 0. The molecule has 0 saturated heterocycles. The number of nitrogens with zero attached hydrogens (tertiary/aromatic N) is 2. The van der Waals surface area contributed by atoms with E-state index in [9.17, 15) is 0 Å². The normalized spacial score (nSPS) is 16.9. The lowest BCUT2D eigenvalue weighted by Crippen LogP contribution is -2.04. The second-order valence-electron chi connectivity index (χ2n) is 2.87. The number of rotatable bonds is 0. The van der Waals surface area contributed by atoms with Gasteiger partial charge in [-0.1, -0.05) is 0 Å². The van der Waals surface area contributed by atoms with Gasteiger partial charge in [0.1, 0.15) is 0 Å². The highest BCUT2D eigenvalue weighted by Crippen LogP contribution is 2.17. The molecule has 1 aliphatic rings. The van der Waals surface area contributed by atoms with Crippen LogP contribution in [-0.4, -0.2) is 9.55 Å². The van der Waals surface area contributed by atoms with Crippen LogP contribution in [0.1, 0.15) is 24.2 Å². The van der Waals surface area contributed by atoms with Gasteiger partial charge in [0.05, 0.1) is 5.69 Å². The fourth-order valence-electron chi connectivity index (χ4n) is 1.55. The summed E-state index contributed by atoms with van der Waals surface area (Å²) in [5, 5.41) is 0. The maximum Gasteiger partial charge on any atom is 0.176 e. The second-order valence-corrected chi connectivity index (χ2v) is 2.87. The zero-order valence-electron chi connectivity index (χ0n) is 6.22. The zero-order chi connectivity index (χ0) is 6.97. The number of imidazole rings is 1. The summed E-state index contributed by atoms with van der Waals surface area (Å²) < 4.78 is 2.02. The van der Waals surface area contributed by atoms with Crippen LogP contribution in [0.4, 0.5) is 0 Å². The van der Waals surface area contributed by atoms with Crippen LogP contribution in [0.15, 0.2) is 0 Å². The standard InChI is InChI=1S/C8H11N2/c1-10-6-9-7-4-2-3-5-8(7)10/h2-5H2,1H3. The number of aryl methyl sites for hydroxylation is 2. The first-order valence-corrected chi connectivity index (χ1v) is 3.80. The molecule has 2 heteroatoms. The third-order valence-corrected chi connectivity index (χ3v) is 2.15. The summed E-state index contributed by atoms with van der Waals surface area (Å²) in [6.07, 6.45) is 7.93. The summed E-state index contributed by atoms with van der Waals surface area (Å²) >= 11 is 0. The predicted molar refractivity (Wildman–Crippen MR) is 38.7 cm³/mol. The van der Waals surface area contributed by atoms with Gasteiger partial charge in [-0.15, -0.1) is 0 Å². The van der Waals surface area contributed by atoms with E-state index >= 15 is 0 Å². The molecule has 0 amide bonds. The Morgan fingerprint density at radius 2 is 2.20 bits per heavy atom. The van der Waals surface area contributed by atoms with E-state index < -0.39 is 0 Å². The van der Waals surface area contributed by atoms with Crippen LogP contribution in [-0.2, 0) is 19.9 Å². The Hall–Kier alpha value is -0.790. The van der Waals surface area contributed by atoms with E-state index in [1.807, 2.05) is 11.6 Å². The van der Waals surface area contributed by atoms with Gasteiger partial charge in [-0.25, -0.2) is 4.98 Å². The van der Waals surface area contributed by atoms with Gasteiger partial charge in [0.2, 0.25) is 0 Å². The average molecular weight is 135 g/mol. The number of fused-ring (bicyclic) bond motifs is 1. The summed E-state index contributed by atoms with van der Waals surface area (Å²) in [5.74, 6) is 0. The maximum atomic E-state index is 4.19. The fourth-order valence-corrected chi connectivity index (χ4v) is 1.55. The van der Waals surface area contributed by atoms with Crippen LogP contribution in [0, 0.1) is 6.33 Å². The molecule has 1 aliphatic carbocycles. The lowest BCUT2D eigenvalue weighted by Gasteiger charge is -2.10. The minimum Gasteiger partial charge on any atom is -0.328 e. The highest BCUT2D eigenvalue weighted by atomic mass is 15.0. The monoisotopic (exact) mass is 135 g/mol. The molecule has 1 aromatic heterocycles. The SMILES string of the molecule is Cn1[c]nc2c1CCCC2. The van der Waals surface area contributed by atoms with Gasteiger partial charge < -0.3 is 4.57 Å². The Balaban J connectivity index is 2.45. The minimum absolute atomic E-state index is 1.16. The molecule has 0 aromatic carbocycles.